The van der Waals surface area contributed by atoms with E-state index in [2.05, 4.69) is 12.0 Å². The summed E-state index contributed by atoms with van der Waals surface area (Å²) in [6.07, 6.45) is 5.64. The first kappa shape index (κ1) is 8.27. The molecule has 0 spiro atoms. The monoisotopic (exact) mass is 154 g/mol. The van der Waals surface area contributed by atoms with Crippen molar-refractivity contribution >= 4 is 0 Å². The largest absolute Gasteiger partial charge is 0.396 e. The zero-order valence-electron chi connectivity index (χ0n) is 6.82. The average Bonchev–Trinajstić information content (AvgIpc) is 2.48. The fraction of sp³-hybridized carbons (Fsp3) is 0.625. The van der Waals surface area contributed by atoms with E-state index in [1.807, 2.05) is 17.1 Å². The Hall–Kier alpha value is -0.830. The molecular weight excluding hydrogens is 140 g/mol. The molecule has 62 valence electrons. The van der Waals surface area contributed by atoms with Crippen LogP contribution in [0.5, 0.6) is 0 Å². The van der Waals surface area contributed by atoms with Crippen molar-refractivity contribution in [2.75, 3.05) is 6.61 Å². The number of hydrogen-bond acceptors (Lipinski definition) is 2. The first-order chi connectivity index (χ1) is 5.36. The van der Waals surface area contributed by atoms with E-state index in [9.17, 15) is 0 Å². The van der Waals surface area contributed by atoms with Gasteiger partial charge in [-0.05, 0) is 25.3 Å². The molecule has 1 heterocycles. The zero-order chi connectivity index (χ0) is 8.10. The van der Waals surface area contributed by atoms with Crippen molar-refractivity contribution in [3.63, 3.8) is 0 Å². The minimum Gasteiger partial charge on any atom is -0.396 e. The summed E-state index contributed by atoms with van der Waals surface area (Å²) in [6.45, 7) is 3.24. The molecule has 0 bridgehead atoms. The highest BCUT2D eigenvalue weighted by molar-refractivity contribution is 5.03. The van der Waals surface area contributed by atoms with Crippen LogP contribution in [-0.4, -0.2) is 21.5 Å². The third-order valence-electron chi connectivity index (χ3n) is 1.63. The van der Waals surface area contributed by atoms with E-state index < -0.39 is 0 Å². The fourth-order valence-electron chi connectivity index (χ4n) is 0.992. The molecule has 1 N–H and O–H groups in total. The second-order valence-corrected chi connectivity index (χ2v) is 2.53. The van der Waals surface area contributed by atoms with Crippen LogP contribution in [0.25, 0.3) is 0 Å². The second-order valence-electron chi connectivity index (χ2n) is 2.53. The summed E-state index contributed by atoms with van der Waals surface area (Å²) in [7, 11) is 0. The molecule has 0 radical (unpaired) electrons. The average molecular weight is 154 g/mol. The number of aromatic nitrogens is 2. The fourth-order valence-corrected chi connectivity index (χ4v) is 0.992. The van der Waals surface area contributed by atoms with E-state index in [0.717, 1.165) is 19.4 Å². The van der Waals surface area contributed by atoms with Gasteiger partial charge in [0.25, 0.3) is 0 Å². The van der Waals surface area contributed by atoms with Crippen LogP contribution >= 0.6 is 0 Å². The summed E-state index contributed by atoms with van der Waals surface area (Å²) in [4.78, 5) is 0. The molecule has 0 fully saturated rings. The molecule has 0 aromatic carbocycles. The molecule has 0 atom stereocenters. The maximum absolute atomic E-state index is 8.56. The van der Waals surface area contributed by atoms with Crippen molar-refractivity contribution in [2.24, 2.45) is 0 Å². The van der Waals surface area contributed by atoms with Crippen LogP contribution in [0.3, 0.4) is 0 Å². The molecule has 0 aliphatic rings. The lowest BCUT2D eigenvalue weighted by Crippen LogP contribution is -1.92. The van der Waals surface area contributed by atoms with Gasteiger partial charge in [-0.25, -0.2) is 0 Å². The molecule has 1 aromatic rings. The van der Waals surface area contributed by atoms with E-state index >= 15 is 0 Å². The molecule has 0 unspecified atom stereocenters. The van der Waals surface area contributed by atoms with Crippen molar-refractivity contribution in [1.29, 1.82) is 0 Å². The van der Waals surface area contributed by atoms with Crippen molar-refractivity contribution in [3.8, 4) is 0 Å². The summed E-state index contributed by atoms with van der Waals surface area (Å²) < 4.78 is 1.90. The number of aryl methyl sites for hydroxylation is 2. The molecular formula is C8H14N2O. The first-order valence-electron chi connectivity index (χ1n) is 3.99. The lowest BCUT2D eigenvalue weighted by atomic mass is 10.2. The van der Waals surface area contributed by atoms with Crippen molar-refractivity contribution in [1.82, 2.24) is 9.78 Å². The Morgan fingerprint density at radius 1 is 1.64 bits per heavy atom. The molecule has 3 nitrogen and oxygen atoms in total. The quantitative estimate of drug-likeness (QED) is 0.697. The first-order valence-corrected chi connectivity index (χ1v) is 3.99. The third kappa shape index (κ3) is 2.35. The summed E-state index contributed by atoms with van der Waals surface area (Å²) in [5.74, 6) is 0. The molecule has 0 aliphatic heterocycles. The molecule has 0 saturated carbocycles. The Morgan fingerprint density at radius 3 is 3.00 bits per heavy atom. The maximum Gasteiger partial charge on any atom is 0.0521 e. The minimum absolute atomic E-state index is 0.261. The van der Waals surface area contributed by atoms with Gasteiger partial charge in [0, 0.05) is 19.3 Å². The van der Waals surface area contributed by atoms with Gasteiger partial charge in [0.1, 0.15) is 0 Å². The summed E-state index contributed by atoms with van der Waals surface area (Å²) >= 11 is 0. The Balaban J connectivity index is 2.44. The number of rotatable bonds is 4. The highest BCUT2D eigenvalue weighted by Gasteiger charge is 1.95. The number of nitrogens with zero attached hydrogens (tertiary/aromatic N) is 2. The van der Waals surface area contributed by atoms with E-state index in [1.165, 1.54) is 5.56 Å². The lowest BCUT2D eigenvalue weighted by Gasteiger charge is -1.92. The predicted octanol–water partition coefficient (Wildman–Crippen LogP) is 0.828. The van der Waals surface area contributed by atoms with E-state index in [4.69, 9.17) is 5.11 Å². The molecule has 11 heavy (non-hydrogen) atoms. The van der Waals surface area contributed by atoms with Gasteiger partial charge in [-0.1, -0.05) is 0 Å². The Labute approximate surface area is 66.7 Å². The van der Waals surface area contributed by atoms with Crippen molar-refractivity contribution < 1.29 is 5.11 Å². The van der Waals surface area contributed by atoms with Crippen molar-refractivity contribution in [3.05, 3.63) is 18.0 Å². The van der Waals surface area contributed by atoms with Crippen LogP contribution in [0.15, 0.2) is 12.4 Å². The van der Waals surface area contributed by atoms with E-state index in [-0.39, 0.29) is 6.61 Å². The topological polar surface area (TPSA) is 38.0 Å². The minimum atomic E-state index is 0.261. The van der Waals surface area contributed by atoms with Gasteiger partial charge in [-0.2, -0.15) is 5.10 Å². The highest BCUT2D eigenvalue weighted by atomic mass is 16.2. The Kier molecular flexibility index (Phi) is 3.11. The lowest BCUT2D eigenvalue weighted by molar-refractivity contribution is 0.288. The number of aliphatic hydroxyl groups is 1. The van der Waals surface area contributed by atoms with E-state index in [1.54, 1.807) is 0 Å². The van der Waals surface area contributed by atoms with Gasteiger partial charge in [0.2, 0.25) is 0 Å². The second kappa shape index (κ2) is 4.13. The SMILES string of the molecule is CCn1cc(CCCO)cn1. The van der Waals surface area contributed by atoms with Crippen LogP contribution in [0.4, 0.5) is 0 Å². The summed E-state index contributed by atoms with van der Waals surface area (Å²) in [6, 6.07) is 0. The van der Waals surface area contributed by atoms with E-state index in [0.29, 0.717) is 0 Å². The predicted molar refractivity (Wildman–Crippen MR) is 43.3 cm³/mol. The van der Waals surface area contributed by atoms with Gasteiger partial charge in [0.05, 0.1) is 6.20 Å². The number of hydrogen-bond donors (Lipinski definition) is 1. The maximum atomic E-state index is 8.56. The van der Waals surface area contributed by atoms with Crippen LogP contribution in [-0.2, 0) is 13.0 Å². The molecule has 0 aliphatic carbocycles. The van der Waals surface area contributed by atoms with Gasteiger partial charge in [-0.15, -0.1) is 0 Å². The van der Waals surface area contributed by atoms with Crippen molar-refractivity contribution in [2.45, 2.75) is 26.3 Å². The molecule has 0 amide bonds. The van der Waals surface area contributed by atoms with Crippen LogP contribution < -0.4 is 0 Å². The summed E-state index contributed by atoms with van der Waals surface area (Å²) in [5.41, 5.74) is 1.21. The van der Waals surface area contributed by atoms with Crippen LogP contribution in [0.2, 0.25) is 0 Å². The Morgan fingerprint density at radius 2 is 2.45 bits per heavy atom. The normalized spacial score (nSPS) is 10.4. The molecule has 0 saturated heterocycles. The third-order valence-corrected chi connectivity index (χ3v) is 1.63. The standard InChI is InChI=1S/C8H14N2O/c1-2-10-7-8(6-9-10)4-3-5-11/h6-7,11H,2-5H2,1H3. The number of aliphatic hydroxyl groups excluding tert-OH is 1. The Bertz CT molecular complexity index is 208. The van der Waals surface area contributed by atoms with Crippen LogP contribution in [0.1, 0.15) is 18.9 Å². The highest BCUT2D eigenvalue weighted by Crippen LogP contribution is 2.00. The van der Waals surface area contributed by atoms with Gasteiger partial charge in [-0.3, -0.25) is 4.68 Å². The molecule has 1 rings (SSSR count). The smallest absolute Gasteiger partial charge is 0.0521 e. The summed E-state index contributed by atoms with van der Waals surface area (Å²) in [5, 5.41) is 12.7. The van der Waals surface area contributed by atoms with Gasteiger partial charge >= 0.3 is 0 Å². The van der Waals surface area contributed by atoms with Gasteiger partial charge in [0.15, 0.2) is 0 Å². The molecule has 3 heteroatoms. The molecule has 1 aromatic heterocycles. The van der Waals surface area contributed by atoms with Gasteiger partial charge < -0.3 is 5.11 Å². The van der Waals surface area contributed by atoms with Crippen LogP contribution in [0, 0.1) is 0 Å². The zero-order valence-corrected chi connectivity index (χ0v) is 6.82.